The van der Waals surface area contributed by atoms with Crippen molar-refractivity contribution < 1.29 is 14.3 Å². The summed E-state index contributed by atoms with van der Waals surface area (Å²) in [6, 6.07) is 12.0. The summed E-state index contributed by atoms with van der Waals surface area (Å²) in [6.45, 7) is 6.05. The lowest BCUT2D eigenvalue weighted by atomic mass is 10.1. The number of hydrogen-bond donors (Lipinski definition) is 1. The van der Waals surface area contributed by atoms with Crippen LogP contribution in [0.4, 0.5) is 0 Å². The molecule has 0 bridgehead atoms. The minimum Gasteiger partial charge on any atom is -0.493 e. The number of ether oxygens (including phenoxy) is 2. The number of carbonyl (C=O) groups is 1. The molecule has 3 rings (SSSR count). The molecular formula is C22H24N4O4. The highest BCUT2D eigenvalue weighted by Crippen LogP contribution is 2.27. The molecule has 8 heteroatoms. The molecule has 0 saturated carbocycles. The summed E-state index contributed by atoms with van der Waals surface area (Å²) < 4.78 is 12.1. The number of rotatable bonds is 7. The Morgan fingerprint density at radius 3 is 2.60 bits per heavy atom. The third kappa shape index (κ3) is 4.32. The standard InChI is InChI=1S/C22H24N4O4/c1-5-30-19-12-15(10-11-18(19)29-4)13-23-24-21(27)20-16-8-6-7-9-17(16)22(28)26(25-20)14(2)3/h6-14H,5H2,1-4H3,(H,24,27)/b23-13-. The second-order valence-corrected chi connectivity index (χ2v) is 6.78. The van der Waals surface area contributed by atoms with Gasteiger partial charge in [0.25, 0.3) is 11.5 Å². The lowest BCUT2D eigenvalue weighted by Crippen LogP contribution is -2.30. The smallest absolute Gasteiger partial charge is 0.292 e. The third-order valence-corrected chi connectivity index (χ3v) is 4.40. The Bertz CT molecular complexity index is 1150. The third-order valence-electron chi connectivity index (χ3n) is 4.40. The van der Waals surface area contributed by atoms with E-state index in [2.05, 4.69) is 15.6 Å². The van der Waals surface area contributed by atoms with Gasteiger partial charge in [0.2, 0.25) is 0 Å². The van der Waals surface area contributed by atoms with Crippen LogP contribution in [0.5, 0.6) is 11.5 Å². The van der Waals surface area contributed by atoms with Gasteiger partial charge in [-0.1, -0.05) is 18.2 Å². The maximum atomic E-state index is 12.8. The molecule has 0 spiro atoms. The number of fused-ring (bicyclic) bond motifs is 1. The van der Waals surface area contributed by atoms with Crippen LogP contribution in [0.2, 0.25) is 0 Å². The first kappa shape index (κ1) is 21.0. The number of benzene rings is 2. The first-order valence-corrected chi connectivity index (χ1v) is 9.62. The van der Waals surface area contributed by atoms with Crippen LogP contribution in [-0.4, -0.2) is 35.6 Å². The van der Waals surface area contributed by atoms with Gasteiger partial charge < -0.3 is 9.47 Å². The summed E-state index contributed by atoms with van der Waals surface area (Å²) in [4.78, 5) is 25.4. The van der Waals surface area contributed by atoms with Gasteiger partial charge in [-0.25, -0.2) is 10.1 Å². The fourth-order valence-corrected chi connectivity index (χ4v) is 2.98. The number of nitrogens with one attached hydrogen (secondary N) is 1. The molecule has 0 fully saturated rings. The number of hydrogen-bond acceptors (Lipinski definition) is 6. The number of aromatic nitrogens is 2. The number of methoxy groups -OCH3 is 1. The molecule has 30 heavy (non-hydrogen) atoms. The Morgan fingerprint density at radius 1 is 1.20 bits per heavy atom. The van der Waals surface area contributed by atoms with Crippen LogP contribution < -0.4 is 20.5 Å². The maximum Gasteiger partial charge on any atom is 0.292 e. The SMILES string of the molecule is CCOc1cc(/C=N\NC(=O)c2nn(C(C)C)c(=O)c3ccccc23)ccc1OC. The van der Waals surface area contributed by atoms with Gasteiger partial charge in [-0.3, -0.25) is 9.59 Å². The molecule has 1 N–H and O–H groups in total. The van der Waals surface area contributed by atoms with Gasteiger partial charge in [-0.05, 0) is 50.6 Å². The average molecular weight is 408 g/mol. The van der Waals surface area contributed by atoms with Gasteiger partial charge in [-0.15, -0.1) is 0 Å². The van der Waals surface area contributed by atoms with E-state index in [0.29, 0.717) is 28.9 Å². The van der Waals surface area contributed by atoms with Crippen LogP contribution in [-0.2, 0) is 0 Å². The Labute approximate surface area is 174 Å². The molecule has 0 saturated heterocycles. The molecule has 1 amide bonds. The molecule has 1 heterocycles. The van der Waals surface area contributed by atoms with Crippen molar-refractivity contribution in [2.24, 2.45) is 5.10 Å². The number of hydrazone groups is 1. The maximum absolute atomic E-state index is 12.8. The highest BCUT2D eigenvalue weighted by molar-refractivity contribution is 6.05. The zero-order valence-corrected chi connectivity index (χ0v) is 17.4. The normalized spacial score (nSPS) is 11.2. The molecule has 0 aliphatic carbocycles. The molecule has 0 aliphatic heterocycles. The fraction of sp³-hybridized carbons (Fsp3) is 0.273. The summed E-state index contributed by atoms with van der Waals surface area (Å²) in [5.41, 5.74) is 3.12. The summed E-state index contributed by atoms with van der Waals surface area (Å²) in [6.07, 6.45) is 1.50. The number of nitrogens with zero attached hydrogens (tertiary/aromatic N) is 3. The molecule has 2 aromatic carbocycles. The van der Waals surface area contributed by atoms with Crippen molar-refractivity contribution in [3.05, 3.63) is 64.1 Å². The molecular weight excluding hydrogens is 384 g/mol. The molecule has 0 unspecified atom stereocenters. The highest BCUT2D eigenvalue weighted by atomic mass is 16.5. The zero-order valence-electron chi connectivity index (χ0n) is 17.4. The van der Waals surface area contributed by atoms with E-state index in [9.17, 15) is 9.59 Å². The lowest BCUT2D eigenvalue weighted by Gasteiger charge is -2.12. The van der Waals surface area contributed by atoms with E-state index in [1.54, 1.807) is 49.6 Å². The Balaban J connectivity index is 1.88. The minimum absolute atomic E-state index is 0.140. The van der Waals surface area contributed by atoms with Crippen molar-refractivity contribution in [3.63, 3.8) is 0 Å². The van der Waals surface area contributed by atoms with Gasteiger partial charge in [0.05, 0.1) is 31.4 Å². The second-order valence-electron chi connectivity index (χ2n) is 6.78. The minimum atomic E-state index is -0.504. The quantitative estimate of drug-likeness (QED) is 0.479. The zero-order chi connectivity index (χ0) is 21.7. The molecule has 0 atom stereocenters. The van der Waals surface area contributed by atoms with Gasteiger partial charge in [0.15, 0.2) is 17.2 Å². The van der Waals surface area contributed by atoms with Crippen LogP contribution in [0.15, 0.2) is 52.4 Å². The molecule has 156 valence electrons. The van der Waals surface area contributed by atoms with E-state index < -0.39 is 5.91 Å². The molecule has 8 nitrogen and oxygen atoms in total. The number of amides is 1. The van der Waals surface area contributed by atoms with Crippen molar-refractivity contribution in [3.8, 4) is 11.5 Å². The van der Waals surface area contributed by atoms with Gasteiger partial charge in [-0.2, -0.15) is 10.2 Å². The molecule has 0 radical (unpaired) electrons. The van der Waals surface area contributed by atoms with Gasteiger partial charge in [0.1, 0.15) is 0 Å². The van der Waals surface area contributed by atoms with Gasteiger partial charge in [0, 0.05) is 5.39 Å². The molecule has 0 aliphatic rings. The first-order chi connectivity index (χ1) is 14.5. The molecule has 3 aromatic rings. The van der Waals surface area contributed by atoms with E-state index in [1.165, 1.54) is 10.9 Å². The van der Waals surface area contributed by atoms with Crippen LogP contribution >= 0.6 is 0 Å². The Morgan fingerprint density at radius 2 is 1.93 bits per heavy atom. The Hall–Kier alpha value is -3.68. The van der Waals surface area contributed by atoms with Crippen molar-refractivity contribution in [2.75, 3.05) is 13.7 Å². The van der Waals surface area contributed by atoms with Crippen LogP contribution in [0.25, 0.3) is 10.8 Å². The van der Waals surface area contributed by atoms with E-state index in [4.69, 9.17) is 9.47 Å². The van der Waals surface area contributed by atoms with Gasteiger partial charge >= 0.3 is 0 Å². The van der Waals surface area contributed by atoms with E-state index in [0.717, 1.165) is 5.56 Å². The van der Waals surface area contributed by atoms with Crippen LogP contribution in [0, 0.1) is 0 Å². The summed E-state index contributed by atoms with van der Waals surface area (Å²) in [5.74, 6) is 0.701. The monoisotopic (exact) mass is 408 g/mol. The van der Waals surface area contributed by atoms with Crippen molar-refractivity contribution in [2.45, 2.75) is 26.8 Å². The first-order valence-electron chi connectivity index (χ1n) is 9.62. The van der Waals surface area contributed by atoms with Crippen molar-refractivity contribution in [1.29, 1.82) is 0 Å². The van der Waals surface area contributed by atoms with E-state index >= 15 is 0 Å². The average Bonchev–Trinajstić information content (AvgIpc) is 2.74. The van der Waals surface area contributed by atoms with Crippen LogP contribution in [0.1, 0.15) is 42.9 Å². The fourth-order valence-electron chi connectivity index (χ4n) is 2.98. The topological polar surface area (TPSA) is 94.8 Å². The lowest BCUT2D eigenvalue weighted by molar-refractivity contribution is 0.0949. The van der Waals surface area contributed by atoms with E-state index in [1.807, 2.05) is 20.8 Å². The van der Waals surface area contributed by atoms with Crippen molar-refractivity contribution >= 4 is 22.9 Å². The highest BCUT2D eigenvalue weighted by Gasteiger charge is 2.17. The molecule has 1 aromatic heterocycles. The summed E-state index contributed by atoms with van der Waals surface area (Å²) in [5, 5.41) is 9.22. The summed E-state index contributed by atoms with van der Waals surface area (Å²) >= 11 is 0. The van der Waals surface area contributed by atoms with Crippen LogP contribution in [0.3, 0.4) is 0 Å². The predicted molar refractivity (Wildman–Crippen MR) is 116 cm³/mol. The summed E-state index contributed by atoms with van der Waals surface area (Å²) in [7, 11) is 1.57. The Kier molecular flexibility index (Phi) is 6.46. The van der Waals surface area contributed by atoms with Crippen molar-refractivity contribution in [1.82, 2.24) is 15.2 Å². The number of carbonyl (C=O) groups excluding carboxylic acids is 1. The predicted octanol–water partition coefficient (Wildman–Crippen LogP) is 3.15. The second kappa shape index (κ2) is 9.21. The largest absolute Gasteiger partial charge is 0.493 e. The van der Waals surface area contributed by atoms with E-state index in [-0.39, 0.29) is 17.3 Å².